The molecule has 3 aliphatic carbocycles. The van der Waals surface area contributed by atoms with E-state index in [1.165, 1.54) is 45.1 Å². The van der Waals surface area contributed by atoms with Crippen molar-refractivity contribution >= 4 is 5.97 Å². The van der Waals surface area contributed by atoms with Crippen molar-refractivity contribution in [2.75, 3.05) is 19.7 Å². The lowest BCUT2D eigenvalue weighted by molar-refractivity contribution is -0.151. The van der Waals surface area contributed by atoms with Crippen molar-refractivity contribution in [3.8, 4) is 0 Å². The van der Waals surface area contributed by atoms with Gasteiger partial charge in [-0.05, 0) is 58.3 Å². The molecule has 3 aliphatic rings. The van der Waals surface area contributed by atoms with Crippen LogP contribution in [0.15, 0.2) is 0 Å². The van der Waals surface area contributed by atoms with E-state index in [0.29, 0.717) is 18.7 Å². The highest BCUT2D eigenvalue weighted by molar-refractivity contribution is 5.80. The molecule has 4 heteroatoms. The Labute approximate surface area is 122 Å². The molecule has 0 saturated heterocycles. The van der Waals surface area contributed by atoms with E-state index >= 15 is 0 Å². The summed E-state index contributed by atoms with van der Waals surface area (Å²) in [4.78, 5) is 14.9. The Hall–Kier alpha value is -0.610. The third kappa shape index (κ3) is 3.73. The fraction of sp³-hybridized carbons (Fsp3) is 0.938. The molecule has 114 valence electrons. The van der Waals surface area contributed by atoms with E-state index in [-0.39, 0.29) is 5.97 Å². The summed E-state index contributed by atoms with van der Waals surface area (Å²) >= 11 is 0. The number of carbonyl (C=O) groups excluding carboxylic acids is 1. The highest BCUT2D eigenvalue weighted by atomic mass is 16.5. The lowest BCUT2D eigenvalue weighted by Crippen LogP contribution is -2.59. The van der Waals surface area contributed by atoms with Gasteiger partial charge in [0.1, 0.15) is 5.54 Å². The highest BCUT2D eigenvalue weighted by Crippen LogP contribution is 2.36. The summed E-state index contributed by atoms with van der Waals surface area (Å²) in [6.45, 7) is 6.37. The summed E-state index contributed by atoms with van der Waals surface area (Å²) in [6.07, 6.45) is 7.73. The van der Waals surface area contributed by atoms with Gasteiger partial charge in [0.2, 0.25) is 0 Å². The average Bonchev–Trinajstić information content (AvgIpc) is 3.25. The Morgan fingerprint density at radius 1 is 1.25 bits per heavy atom. The first kappa shape index (κ1) is 14.3. The molecular weight excluding hydrogens is 252 g/mol. The number of hydrogen-bond acceptors (Lipinski definition) is 4. The van der Waals surface area contributed by atoms with Crippen LogP contribution in [0.3, 0.4) is 0 Å². The zero-order chi connectivity index (χ0) is 14.2. The van der Waals surface area contributed by atoms with E-state index in [4.69, 9.17) is 4.74 Å². The van der Waals surface area contributed by atoms with E-state index < -0.39 is 5.54 Å². The first-order valence-corrected chi connectivity index (χ1v) is 8.29. The Bertz CT molecular complexity index is 361. The minimum absolute atomic E-state index is 0.0756. The summed E-state index contributed by atoms with van der Waals surface area (Å²) in [5.41, 5.74) is -0.533. The molecule has 0 bridgehead atoms. The van der Waals surface area contributed by atoms with Crippen LogP contribution < -0.4 is 5.32 Å². The van der Waals surface area contributed by atoms with E-state index in [9.17, 15) is 4.79 Å². The average molecular weight is 280 g/mol. The molecule has 0 aliphatic heterocycles. The number of carbonyl (C=O) groups is 1. The molecule has 0 radical (unpaired) electrons. The lowest BCUT2D eigenvalue weighted by Gasteiger charge is -2.35. The molecule has 20 heavy (non-hydrogen) atoms. The van der Waals surface area contributed by atoms with Crippen LogP contribution in [0.2, 0.25) is 0 Å². The number of esters is 1. The van der Waals surface area contributed by atoms with Crippen LogP contribution >= 0.6 is 0 Å². The summed E-state index contributed by atoms with van der Waals surface area (Å²) in [5, 5.41) is 3.54. The molecule has 0 heterocycles. The number of nitrogens with one attached hydrogen (secondary N) is 1. The Balaban J connectivity index is 1.64. The van der Waals surface area contributed by atoms with Crippen LogP contribution in [0.5, 0.6) is 0 Å². The first-order valence-electron chi connectivity index (χ1n) is 8.29. The molecule has 4 nitrogen and oxygen atoms in total. The second kappa shape index (κ2) is 5.64. The van der Waals surface area contributed by atoms with Gasteiger partial charge >= 0.3 is 5.97 Å². The standard InChI is InChI=1S/C16H28N2O2/c1-3-20-15(19)16(2,17-13-6-7-13)11-18(14-8-9-14)10-12-4-5-12/h12-14,17H,3-11H2,1-2H3. The molecule has 0 aromatic heterocycles. The molecule has 1 unspecified atom stereocenters. The van der Waals surface area contributed by atoms with E-state index in [1.807, 2.05) is 13.8 Å². The predicted octanol–water partition coefficient (Wildman–Crippen LogP) is 1.93. The molecule has 3 fully saturated rings. The molecule has 0 aromatic rings. The molecule has 0 amide bonds. The molecule has 1 atom stereocenters. The highest BCUT2D eigenvalue weighted by Gasteiger charge is 2.44. The third-order valence-electron chi connectivity index (χ3n) is 4.60. The van der Waals surface area contributed by atoms with Crippen LogP contribution in [0.4, 0.5) is 0 Å². The summed E-state index contributed by atoms with van der Waals surface area (Å²) in [6, 6.07) is 1.23. The van der Waals surface area contributed by atoms with E-state index in [0.717, 1.165) is 12.5 Å². The monoisotopic (exact) mass is 280 g/mol. The maximum Gasteiger partial charge on any atom is 0.327 e. The SMILES string of the molecule is CCOC(=O)C(C)(CN(CC1CC1)C1CC1)NC1CC1. The third-order valence-corrected chi connectivity index (χ3v) is 4.60. The maximum atomic E-state index is 12.4. The van der Waals surface area contributed by atoms with Gasteiger partial charge in [0, 0.05) is 25.2 Å². The van der Waals surface area contributed by atoms with Gasteiger partial charge in [0.15, 0.2) is 0 Å². The minimum Gasteiger partial charge on any atom is -0.465 e. The fourth-order valence-electron chi connectivity index (χ4n) is 2.96. The van der Waals surface area contributed by atoms with Gasteiger partial charge in [-0.3, -0.25) is 15.0 Å². The topological polar surface area (TPSA) is 41.6 Å². The molecule has 3 saturated carbocycles. The van der Waals surface area contributed by atoms with Crippen molar-refractivity contribution in [2.24, 2.45) is 5.92 Å². The largest absolute Gasteiger partial charge is 0.465 e. The van der Waals surface area contributed by atoms with Crippen molar-refractivity contribution in [1.29, 1.82) is 0 Å². The summed E-state index contributed by atoms with van der Waals surface area (Å²) in [5.74, 6) is 0.802. The quantitative estimate of drug-likeness (QED) is 0.655. The molecule has 0 spiro atoms. The first-order chi connectivity index (χ1) is 9.60. The van der Waals surface area contributed by atoms with Gasteiger partial charge in [-0.1, -0.05) is 0 Å². The number of nitrogens with zero attached hydrogens (tertiary/aromatic N) is 1. The van der Waals surface area contributed by atoms with E-state index in [1.54, 1.807) is 0 Å². The number of hydrogen-bond donors (Lipinski definition) is 1. The Kier molecular flexibility index (Phi) is 4.04. The second-order valence-corrected chi connectivity index (χ2v) is 7.08. The van der Waals surface area contributed by atoms with Gasteiger partial charge in [0.05, 0.1) is 6.61 Å². The van der Waals surface area contributed by atoms with Crippen molar-refractivity contribution in [1.82, 2.24) is 10.2 Å². The smallest absolute Gasteiger partial charge is 0.327 e. The van der Waals surface area contributed by atoms with Crippen LogP contribution in [-0.4, -0.2) is 48.2 Å². The van der Waals surface area contributed by atoms with Gasteiger partial charge in [-0.2, -0.15) is 0 Å². The Morgan fingerprint density at radius 2 is 1.95 bits per heavy atom. The maximum absolute atomic E-state index is 12.4. The number of rotatable bonds is 9. The van der Waals surface area contributed by atoms with Crippen LogP contribution in [0.1, 0.15) is 52.4 Å². The second-order valence-electron chi connectivity index (χ2n) is 7.08. The van der Waals surface area contributed by atoms with Gasteiger partial charge in [-0.15, -0.1) is 0 Å². The van der Waals surface area contributed by atoms with Crippen LogP contribution in [0.25, 0.3) is 0 Å². The summed E-state index contributed by atoms with van der Waals surface area (Å²) in [7, 11) is 0. The zero-order valence-electron chi connectivity index (χ0n) is 12.9. The van der Waals surface area contributed by atoms with Gasteiger partial charge in [-0.25, -0.2) is 0 Å². The van der Waals surface area contributed by atoms with Crippen LogP contribution in [-0.2, 0) is 9.53 Å². The number of ether oxygens (including phenoxy) is 1. The fourth-order valence-corrected chi connectivity index (χ4v) is 2.96. The normalized spacial score (nSPS) is 25.6. The van der Waals surface area contributed by atoms with Crippen LogP contribution in [0, 0.1) is 5.92 Å². The minimum atomic E-state index is -0.533. The van der Waals surface area contributed by atoms with E-state index in [2.05, 4.69) is 10.2 Å². The van der Waals surface area contributed by atoms with Crippen molar-refractivity contribution in [2.45, 2.75) is 70.0 Å². The zero-order valence-corrected chi connectivity index (χ0v) is 12.9. The van der Waals surface area contributed by atoms with Crippen molar-refractivity contribution < 1.29 is 9.53 Å². The van der Waals surface area contributed by atoms with Gasteiger partial charge < -0.3 is 4.74 Å². The Morgan fingerprint density at radius 3 is 2.45 bits per heavy atom. The molecule has 1 N–H and O–H groups in total. The summed E-state index contributed by atoms with van der Waals surface area (Å²) < 4.78 is 5.33. The molecule has 0 aromatic carbocycles. The van der Waals surface area contributed by atoms with Gasteiger partial charge in [0.25, 0.3) is 0 Å². The van der Waals surface area contributed by atoms with Crippen molar-refractivity contribution in [3.05, 3.63) is 0 Å². The lowest BCUT2D eigenvalue weighted by atomic mass is 10.0. The predicted molar refractivity (Wildman–Crippen MR) is 78.5 cm³/mol. The van der Waals surface area contributed by atoms with Crippen molar-refractivity contribution in [3.63, 3.8) is 0 Å². The molecule has 3 rings (SSSR count). The molecular formula is C16H28N2O2.